The van der Waals surface area contributed by atoms with Crippen LogP contribution in [0.2, 0.25) is 0 Å². The number of aryl methyl sites for hydroxylation is 1. The normalized spacial score (nSPS) is 19.0. The first-order chi connectivity index (χ1) is 12.1. The standard InChI is InChI=1S/C19H29NO5S/c1-5-26(23,24)20(11-7-6-8-18(21)22)16-13-19(3,4)25-17-10-9-14(2)12-15(16)17/h9-10,12,16H,5-8,11,13H2,1-4H3,(H,21,22). The maximum absolute atomic E-state index is 12.8. The molecule has 0 fully saturated rings. The van der Waals surface area contributed by atoms with Gasteiger partial charge in [-0.25, -0.2) is 8.42 Å². The van der Waals surface area contributed by atoms with E-state index >= 15 is 0 Å². The van der Waals surface area contributed by atoms with Crippen LogP contribution in [0, 0.1) is 6.92 Å². The number of benzene rings is 1. The Hall–Kier alpha value is -1.60. The van der Waals surface area contributed by atoms with Gasteiger partial charge in [0, 0.05) is 24.9 Å². The van der Waals surface area contributed by atoms with Gasteiger partial charge in [-0.3, -0.25) is 4.79 Å². The summed E-state index contributed by atoms with van der Waals surface area (Å²) in [7, 11) is -3.44. The van der Waals surface area contributed by atoms with Gasteiger partial charge in [0.2, 0.25) is 10.0 Å². The van der Waals surface area contributed by atoms with Crippen LogP contribution in [0.1, 0.15) is 63.6 Å². The zero-order valence-electron chi connectivity index (χ0n) is 16.0. The number of rotatable bonds is 8. The minimum atomic E-state index is -3.44. The van der Waals surface area contributed by atoms with E-state index in [0.717, 1.165) is 16.9 Å². The zero-order chi connectivity index (χ0) is 19.5. The number of aliphatic carboxylic acids is 1. The largest absolute Gasteiger partial charge is 0.487 e. The molecular weight excluding hydrogens is 354 g/mol. The lowest BCUT2D eigenvalue weighted by Crippen LogP contribution is -2.44. The SMILES string of the molecule is CCS(=O)(=O)N(CCCCC(=O)O)C1CC(C)(C)Oc2ccc(C)cc21. The monoisotopic (exact) mass is 383 g/mol. The Balaban J connectivity index is 2.37. The van der Waals surface area contributed by atoms with Crippen molar-refractivity contribution in [3.63, 3.8) is 0 Å². The van der Waals surface area contributed by atoms with E-state index < -0.39 is 21.6 Å². The number of sulfonamides is 1. The van der Waals surface area contributed by atoms with Crippen LogP contribution in [0.5, 0.6) is 5.75 Å². The lowest BCUT2D eigenvalue weighted by atomic mass is 9.89. The number of nitrogens with zero attached hydrogens (tertiary/aromatic N) is 1. The fourth-order valence-electron chi connectivity index (χ4n) is 3.39. The van der Waals surface area contributed by atoms with Crippen molar-refractivity contribution < 1.29 is 23.1 Å². The van der Waals surface area contributed by atoms with E-state index in [1.807, 2.05) is 39.0 Å². The Morgan fingerprint density at radius 2 is 2.04 bits per heavy atom. The van der Waals surface area contributed by atoms with Crippen molar-refractivity contribution >= 4 is 16.0 Å². The Morgan fingerprint density at radius 3 is 2.65 bits per heavy atom. The van der Waals surface area contributed by atoms with Crippen molar-refractivity contribution in [1.82, 2.24) is 4.31 Å². The molecule has 1 aliphatic heterocycles. The topological polar surface area (TPSA) is 83.9 Å². The highest BCUT2D eigenvalue weighted by molar-refractivity contribution is 7.89. The van der Waals surface area contributed by atoms with Crippen LogP contribution >= 0.6 is 0 Å². The van der Waals surface area contributed by atoms with Crippen molar-refractivity contribution in [2.75, 3.05) is 12.3 Å². The number of carboxylic acids is 1. The van der Waals surface area contributed by atoms with Gasteiger partial charge < -0.3 is 9.84 Å². The van der Waals surface area contributed by atoms with Crippen LogP contribution < -0.4 is 4.74 Å². The van der Waals surface area contributed by atoms with E-state index in [1.165, 1.54) is 0 Å². The summed E-state index contributed by atoms with van der Waals surface area (Å²) in [6.07, 6.45) is 1.58. The third-order valence-corrected chi connectivity index (χ3v) is 6.57. The van der Waals surface area contributed by atoms with Gasteiger partial charge >= 0.3 is 5.97 Å². The molecule has 1 unspecified atom stereocenters. The third kappa shape index (κ3) is 4.98. The molecular formula is C19H29NO5S. The van der Waals surface area contributed by atoms with Gasteiger partial charge in [-0.05, 0) is 46.6 Å². The van der Waals surface area contributed by atoms with Gasteiger partial charge in [0.15, 0.2) is 0 Å². The smallest absolute Gasteiger partial charge is 0.303 e. The first kappa shape index (κ1) is 20.7. The number of hydrogen-bond donors (Lipinski definition) is 1. The van der Waals surface area contributed by atoms with Crippen LogP contribution in [0.15, 0.2) is 18.2 Å². The molecule has 7 heteroatoms. The maximum Gasteiger partial charge on any atom is 0.303 e. The predicted octanol–water partition coefficient (Wildman–Crippen LogP) is 3.50. The minimum Gasteiger partial charge on any atom is -0.487 e. The van der Waals surface area contributed by atoms with Crippen LogP contribution in [0.3, 0.4) is 0 Å². The number of ether oxygens (including phenoxy) is 1. The number of fused-ring (bicyclic) bond motifs is 1. The molecule has 0 spiro atoms. The van der Waals surface area contributed by atoms with E-state index in [4.69, 9.17) is 9.84 Å². The molecule has 0 bridgehead atoms. The number of hydrogen-bond acceptors (Lipinski definition) is 4. The summed E-state index contributed by atoms with van der Waals surface area (Å²) in [5.74, 6) is -0.119. The van der Waals surface area contributed by atoms with Crippen molar-refractivity contribution in [2.24, 2.45) is 0 Å². The zero-order valence-corrected chi connectivity index (χ0v) is 16.8. The first-order valence-corrected chi connectivity index (χ1v) is 10.7. The van der Waals surface area contributed by atoms with E-state index in [1.54, 1.807) is 11.2 Å². The molecule has 1 aromatic carbocycles. The average Bonchev–Trinajstić information content (AvgIpc) is 2.53. The van der Waals surface area contributed by atoms with Crippen LogP contribution in [0.4, 0.5) is 0 Å². The van der Waals surface area contributed by atoms with Gasteiger partial charge in [0.1, 0.15) is 11.4 Å². The summed E-state index contributed by atoms with van der Waals surface area (Å²) in [5.41, 5.74) is 1.46. The van der Waals surface area contributed by atoms with Gasteiger partial charge in [0.05, 0.1) is 11.8 Å². The molecule has 1 N–H and O–H groups in total. The second-order valence-corrected chi connectivity index (χ2v) is 9.70. The fourth-order valence-corrected chi connectivity index (χ4v) is 4.71. The van der Waals surface area contributed by atoms with E-state index in [9.17, 15) is 13.2 Å². The maximum atomic E-state index is 12.8. The Bertz CT molecular complexity index is 757. The number of unbranched alkanes of at least 4 members (excludes halogenated alkanes) is 1. The lowest BCUT2D eigenvalue weighted by molar-refractivity contribution is -0.137. The summed E-state index contributed by atoms with van der Waals surface area (Å²) >= 11 is 0. The van der Waals surface area contributed by atoms with Crippen molar-refractivity contribution in [3.8, 4) is 5.75 Å². The summed E-state index contributed by atoms with van der Waals surface area (Å²) in [6.45, 7) is 7.86. The Morgan fingerprint density at radius 1 is 1.35 bits per heavy atom. The Labute approximate surface area is 156 Å². The van der Waals surface area contributed by atoms with Gasteiger partial charge in [-0.15, -0.1) is 0 Å². The summed E-state index contributed by atoms with van der Waals surface area (Å²) in [5, 5.41) is 8.81. The van der Waals surface area contributed by atoms with E-state index in [-0.39, 0.29) is 18.2 Å². The van der Waals surface area contributed by atoms with E-state index in [2.05, 4.69) is 0 Å². The molecule has 0 aromatic heterocycles. The predicted molar refractivity (Wildman–Crippen MR) is 101 cm³/mol. The fraction of sp³-hybridized carbons (Fsp3) is 0.632. The highest BCUT2D eigenvalue weighted by atomic mass is 32.2. The Kier molecular flexibility index (Phi) is 6.34. The van der Waals surface area contributed by atoms with Crippen LogP contribution in [0.25, 0.3) is 0 Å². The number of carbonyl (C=O) groups is 1. The molecule has 1 aliphatic rings. The van der Waals surface area contributed by atoms with Gasteiger partial charge in [-0.2, -0.15) is 4.31 Å². The highest BCUT2D eigenvalue weighted by Gasteiger charge is 2.40. The highest BCUT2D eigenvalue weighted by Crippen LogP contribution is 2.44. The minimum absolute atomic E-state index is 0.0187. The van der Waals surface area contributed by atoms with Crippen molar-refractivity contribution in [1.29, 1.82) is 0 Å². The van der Waals surface area contributed by atoms with Gasteiger partial charge in [-0.1, -0.05) is 17.7 Å². The van der Waals surface area contributed by atoms with Crippen molar-refractivity contribution in [3.05, 3.63) is 29.3 Å². The molecule has 0 saturated heterocycles. The molecule has 6 nitrogen and oxygen atoms in total. The average molecular weight is 384 g/mol. The second-order valence-electron chi connectivity index (χ2n) is 7.49. The van der Waals surface area contributed by atoms with E-state index in [0.29, 0.717) is 25.8 Å². The first-order valence-electron chi connectivity index (χ1n) is 9.06. The van der Waals surface area contributed by atoms with Crippen molar-refractivity contribution in [2.45, 2.75) is 65.0 Å². The summed E-state index contributed by atoms with van der Waals surface area (Å²) < 4.78 is 33.2. The molecule has 0 radical (unpaired) electrons. The molecule has 0 saturated carbocycles. The molecule has 1 heterocycles. The lowest BCUT2D eigenvalue weighted by Gasteiger charge is -2.42. The molecule has 1 aromatic rings. The molecule has 2 rings (SSSR count). The third-order valence-electron chi connectivity index (χ3n) is 4.68. The summed E-state index contributed by atoms with van der Waals surface area (Å²) in [4.78, 5) is 10.7. The van der Waals surface area contributed by atoms with Crippen LogP contribution in [-0.4, -0.2) is 41.7 Å². The molecule has 146 valence electrons. The second kappa shape index (κ2) is 7.96. The summed E-state index contributed by atoms with van der Waals surface area (Å²) in [6, 6.07) is 5.55. The van der Waals surface area contributed by atoms with Gasteiger partial charge in [0.25, 0.3) is 0 Å². The molecule has 26 heavy (non-hydrogen) atoms. The van der Waals surface area contributed by atoms with Crippen LogP contribution in [-0.2, 0) is 14.8 Å². The molecule has 1 atom stereocenters. The molecule has 0 aliphatic carbocycles. The quantitative estimate of drug-likeness (QED) is 0.695. The molecule has 0 amide bonds. The number of carboxylic acid groups (broad SMARTS) is 1.